The highest BCUT2D eigenvalue weighted by Crippen LogP contribution is 2.16. The molecule has 6 heteroatoms. The Kier molecular flexibility index (Phi) is 5.09. The standard InChI is InChI=1S/C14H17N3O2S/c1-10(19-2)14(18)17-12-5-3-4-11(6-12)15-7-13-8-20-9-16-13/h3-6,8-10,15H,7H2,1-2H3,(H,17,18). The molecule has 0 spiro atoms. The zero-order valence-corrected chi connectivity index (χ0v) is 12.2. The van der Waals surface area contributed by atoms with Crippen LogP contribution in [0.2, 0.25) is 0 Å². The minimum atomic E-state index is -0.471. The zero-order valence-electron chi connectivity index (χ0n) is 11.4. The molecule has 0 saturated carbocycles. The molecule has 1 aromatic heterocycles. The number of anilines is 2. The number of nitrogens with one attached hydrogen (secondary N) is 2. The fraction of sp³-hybridized carbons (Fsp3) is 0.286. The van der Waals surface area contributed by atoms with Crippen molar-refractivity contribution in [1.82, 2.24) is 4.98 Å². The molecule has 1 atom stereocenters. The van der Waals surface area contributed by atoms with Crippen LogP contribution in [-0.2, 0) is 16.1 Å². The van der Waals surface area contributed by atoms with E-state index in [2.05, 4.69) is 15.6 Å². The van der Waals surface area contributed by atoms with Gasteiger partial charge in [-0.3, -0.25) is 4.79 Å². The molecule has 0 aliphatic rings. The molecular weight excluding hydrogens is 274 g/mol. The van der Waals surface area contributed by atoms with E-state index in [4.69, 9.17) is 4.74 Å². The number of hydrogen-bond donors (Lipinski definition) is 2. The monoisotopic (exact) mass is 291 g/mol. The Hall–Kier alpha value is -1.92. The molecule has 106 valence electrons. The van der Waals surface area contributed by atoms with Gasteiger partial charge in [0, 0.05) is 23.9 Å². The normalized spacial score (nSPS) is 11.9. The van der Waals surface area contributed by atoms with Crippen molar-refractivity contribution in [3.63, 3.8) is 0 Å². The van der Waals surface area contributed by atoms with E-state index in [1.165, 1.54) is 7.11 Å². The van der Waals surface area contributed by atoms with Crippen molar-refractivity contribution < 1.29 is 9.53 Å². The summed E-state index contributed by atoms with van der Waals surface area (Å²) in [4.78, 5) is 15.9. The number of nitrogens with zero attached hydrogens (tertiary/aromatic N) is 1. The Morgan fingerprint density at radius 2 is 2.25 bits per heavy atom. The molecule has 2 rings (SSSR count). The van der Waals surface area contributed by atoms with Crippen LogP contribution in [0.15, 0.2) is 35.2 Å². The van der Waals surface area contributed by atoms with Crippen LogP contribution in [0, 0.1) is 0 Å². The minimum absolute atomic E-state index is 0.163. The first-order chi connectivity index (χ1) is 9.69. The summed E-state index contributed by atoms with van der Waals surface area (Å²) in [5.74, 6) is -0.163. The SMILES string of the molecule is COC(C)C(=O)Nc1cccc(NCc2cscn2)c1. The van der Waals surface area contributed by atoms with E-state index in [-0.39, 0.29) is 5.91 Å². The lowest BCUT2D eigenvalue weighted by Crippen LogP contribution is -2.26. The quantitative estimate of drug-likeness (QED) is 0.859. The lowest BCUT2D eigenvalue weighted by molar-refractivity contribution is -0.124. The Bertz CT molecular complexity index is 557. The van der Waals surface area contributed by atoms with Crippen LogP contribution >= 0.6 is 11.3 Å². The van der Waals surface area contributed by atoms with Crippen LogP contribution in [0.5, 0.6) is 0 Å². The molecule has 2 N–H and O–H groups in total. The Morgan fingerprint density at radius 3 is 2.95 bits per heavy atom. The molecule has 1 aromatic carbocycles. The second kappa shape index (κ2) is 7.02. The van der Waals surface area contributed by atoms with Crippen LogP contribution in [0.4, 0.5) is 11.4 Å². The van der Waals surface area contributed by atoms with Crippen LogP contribution in [0.1, 0.15) is 12.6 Å². The largest absolute Gasteiger partial charge is 0.379 e. The first kappa shape index (κ1) is 14.5. The molecule has 0 aliphatic heterocycles. The highest BCUT2D eigenvalue weighted by Gasteiger charge is 2.11. The van der Waals surface area contributed by atoms with Gasteiger partial charge in [0.15, 0.2) is 0 Å². The number of aromatic nitrogens is 1. The number of methoxy groups -OCH3 is 1. The van der Waals surface area contributed by atoms with Crippen LogP contribution < -0.4 is 10.6 Å². The summed E-state index contributed by atoms with van der Waals surface area (Å²) >= 11 is 1.57. The van der Waals surface area contributed by atoms with Gasteiger partial charge in [-0.25, -0.2) is 4.98 Å². The van der Waals surface area contributed by atoms with Crippen molar-refractivity contribution in [2.45, 2.75) is 19.6 Å². The average Bonchev–Trinajstić information content (AvgIpc) is 2.98. The number of thiazole rings is 1. The maximum Gasteiger partial charge on any atom is 0.253 e. The van der Waals surface area contributed by atoms with E-state index in [9.17, 15) is 4.79 Å². The van der Waals surface area contributed by atoms with Crippen LogP contribution in [-0.4, -0.2) is 24.1 Å². The molecule has 1 amide bonds. The van der Waals surface area contributed by atoms with Gasteiger partial charge >= 0.3 is 0 Å². The predicted molar refractivity (Wildman–Crippen MR) is 81.0 cm³/mol. The summed E-state index contributed by atoms with van der Waals surface area (Å²) < 4.78 is 4.98. The molecule has 0 bridgehead atoms. The van der Waals surface area contributed by atoms with E-state index in [0.717, 1.165) is 17.1 Å². The van der Waals surface area contributed by atoms with Gasteiger partial charge in [0.2, 0.25) is 0 Å². The summed E-state index contributed by atoms with van der Waals surface area (Å²) in [5, 5.41) is 8.07. The van der Waals surface area contributed by atoms with Crippen LogP contribution in [0.3, 0.4) is 0 Å². The molecule has 0 aliphatic carbocycles. The number of benzene rings is 1. The van der Waals surface area contributed by atoms with Crippen molar-refractivity contribution in [3.8, 4) is 0 Å². The fourth-order valence-electron chi connectivity index (χ4n) is 1.58. The summed E-state index contributed by atoms with van der Waals surface area (Å²) in [5.41, 5.74) is 4.47. The Morgan fingerprint density at radius 1 is 1.45 bits per heavy atom. The first-order valence-corrected chi connectivity index (χ1v) is 7.18. The lowest BCUT2D eigenvalue weighted by atomic mass is 10.2. The third kappa shape index (κ3) is 4.04. The van der Waals surface area contributed by atoms with E-state index in [0.29, 0.717) is 6.54 Å². The Balaban J connectivity index is 1.95. The lowest BCUT2D eigenvalue weighted by Gasteiger charge is -2.12. The summed E-state index contributed by atoms with van der Waals surface area (Å²) in [7, 11) is 1.51. The van der Waals surface area contributed by atoms with Crippen molar-refractivity contribution in [3.05, 3.63) is 40.8 Å². The van der Waals surface area contributed by atoms with Gasteiger partial charge in [-0.05, 0) is 25.1 Å². The number of hydrogen-bond acceptors (Lipinski definition) is 5. The van der Waals surface area contributed by atoms with Gasteiger partial charge in [0.25, 0.3) is 5.91 Å². The second-order valence-corrected chi connectivity index (χ2v) is 5.00. The molecule has 2 aromatic rings. The van der Waals surface area contributed by atoms with E-state index in [1.54, 1.807) is 23.8 Å². The molecule has 0 fully saturated rings. The highest BCUT2D eigenvalue weighted by atomic mass is 32.1. The number of carbonyl (C=O) groups excluding carboxylic acids is 1. The van der Waals surface area contributed by atoms with E-state index in [1.807, 2.05) is 29.6 Å². The topological polar surface area (TPSA) is 63.2 Å². The molecule has 0 radical (unpaired) electrons. The number of amides is 1. The maximum atomic E-state index is 11.7. The van der Waals surface area contributed by atoms with Crippen molar-refractivity contribution in [2.24, 2.45) is 0 Å². The van der Waals surface area contributed by atoms with Crippen molar-refractivity contribution in [2.75, 3.05) is 17.7 Å². The van der Waals surface area contributed by atoms with Crippen molar-refractivity contribution in [1.29, 1.82) is 0 Å². The predicted octanol–water partition coefficient (Wildman–Crippen LogP) is 2.73. The average molecular weight is 291 g/mol. The molecule has 0 saturated heterocycles. The molecule has 20 heavy (non-hydrogen) atoms. The first-order valence-electron chi connectivity index (χ1n) is 6.23. The van der Waals surface area contributed by atoms with Crippen LogP contribution in [0.25, 0.3) is 0 Å². The maximum absolute atomic E-state index is 11.7. The third-order valence-corrected chi connectivity index (χ3v) is 3.45. The summed E-state index contributed by atoms with van der Waals surface area (Å²) in [6.07, 6.45) is -0.471. The van der Waals surface area contributed by atoms with Gasteiger partial charge in [-0.1, -0.05) is 6.07 Å². The second-order valence-electron chi connectivity index (χ2n) is 4.28. The van der Waals surface area contributed by atoms with Gasteiger partial charge < -0.3 is 15.4 Å². The van der Waals surface area contributed by atoms with Gasteiger partial charge in [-0.2, -0.15) is 0 Å². The van der Waals surface area contributed by atoms with E-state index < -0.39 is 6.10 Å². The number of carbonyl (C=O) groups is 1. The molecule has 1 unspecified atom stereocenters. The molecule has 5 nitrogen and oxygen atoms in total. The number of ether oxygens (including phenoxy) is 1. The smallest absolute Gasteiger partial charge is 0.253 e. The van der Waals surface area contributed by atoms with Gasteiger partial charge in [0.1, 0.15) is 6.10 Å². The fourth-order valence-corrected chi connectivity index (χ4v) is 2.13. The third-order valence-electron chi connectivity index (χ3n) is 2.81. The summed E-state index contributed by atoms with van der Waals surface area (Å²) in [6.45, 7) is 2.37. The van der Waals surface area contributed by atoms with E-state index >= 15 is 0 Å². The summed E-state index contributed by atoms with van der Waals surface area (Å²) in [6, 6.07) is 7.55. The van der Waals surface area contributed by atoms with Crippen molar-refractivity contribution >= 4 is 28.6 Å². The minimum Gasteiger partial charge on any atom is -0.379 e. The molecular formula is C14H17N3O2S. The Labute approximate surface area is 122 Å². The zero-order chi connectivity index (χ0) is 14.4. The highest BCUT2D eigenvalue weighted by molar-refractivity contribution is 7.07. The van der Waals surface area contributed by atoms with Gasteiger partial charge in [0.05, 0.1) is 17.7 Å². The molecule has 1 heterocycles. The number of rotatable bonds is 6. The van der Waals surface area contributed by atoms with Gasteiger partial charge in [-0.15, -0.1) is 11.3 Å².